The Bertz CT molecular complexity index is 99.9. The van der Waals surface area contributed by atoms with Gasteiger partial charge in [-0.2, -0.15) is 0 Å². The Kier molecular flexibility index (Phi) is 9.95. The van der Waals surface area contributed by atoms with Crippen LogP contribution in [0.5, 0.6) is 0 Å². The van der Waals surface area contributed by atoms with Gasteiger partial charge in [-0.15, -0.1) is 0 Å². The first-order valence-corrected chi connectivity index (χ1v) is 1.32. The van der Waals surface area contributed by atoms with Crippen LogP contribution in [-0.4, -0.2) is 17.6 Å². The first kappa shape index (κ1) is 10.6. The van der Waals surface area contributed by atoms with Crippen LogP contribution in [0.25, 0.3) is 4.85 Å². The topological polar surface area (TPSA) is 41.7 Å². The fraction of sp³-hybridized carbons (Fsp3) is 0.333. The van der Waals surface area contributed by atoms with Crippen molar-refractivity contribution >= 4 is 5.97 Å². The molecule has 0 saturated heterocycles. The zero-order valence-corrected chi connectivity index (χ0v) is 7.13. The van der Waals surface area contributed by atoms with Gasteiger partial charge in [0.05, 0.1) is 0 Å². The van der Waals surface area contributed by atoms with E-state index in [0.29, 0.717) is 0 Å². The smallest absolute Gasteiger partial charge is 1.00 e. The van der Waals surface area contributed by atoms with Crippen LogP contribution in [0.4, 0.5) is 0 Å². The van der Waals surface area contributed by atoms with E-state index < -0.39 is 12.5 Å². The summed E-state index contributed by atoms with van der Waals surface area (Å²) in [4.78, 5) is 12.0. The van der Waals surface area contributed by atoms with Gasteiger partial charge in [-0.25, -0.2) is 11.4 Å². The minimum atomic E-state index is -1.06. The van der Waals surface area contributed by atoms with Crippen molar-refractivity contribution in [2.75, 3.05) is 6.54 Å². The molecular weight excluding hydrogens is 121 g/mol. The SMILES string of the molecule is [C-]#[N+]CC(=O)O.[H-].[K+]. The molecule has 0 aromatic rings. The molecule has 0 saturated carbocycles. The molecule has 1 N–H and O–H groups in total. The predicted molar refractivity (Wildman–Crippen MR) is 20.2 cm³/mol. The molecule has 0 aromatic carbocycles. The molecule has 34 valence electrons. The van der Waals surface area contributed by atoms with Crippen molar-refractivity contribution in [3.8, 4) is 0 Å². The average molecular weight is 125 g/mol. The molecule has 0 aliphatic rings. The summed E-state index contributed by atoms with van der Waals surface area (Å²) in [5.41, 5.74) is 0. The summed E-state index contributed by atoms with van der Waals surface area (Å²) >= 11 is 0. The standard InChI is InChI=1S/C3H3NO2.K.H/c1-4-2-3(5)6;;/h2H2,(H,5,6);;/q;+1;-1. The molecule has 0 aliphatic carbocycles. The van der Waals surface area contributed by atoms with Crippen molar-refractivity contribution < 1.29 is 62.7 Å². The van der Waals surface area contributed by atoms with E-state index in [9.17, 15) is 4.79 Å². The van der Waals surface area contributed by atoms with Crippen molar-refractivity contribution in [3.05, 3.63) is 11.4 Å². The number of hydrogen-bond donors (Lipinski definition) is 1. The van der Waals surface area contributed by atoms with E-state index in [1.54, 1.807) is 0 Å². The van der Waals surface area contributed by atoms with Crippen molar-refractivity contribution in [3.63, 3.8) is 0 Å². The fourth-order valence-electron chi connectivity index (χ4n) is 0.0676. The third-order valence-electron chi connectivity index (χ3n) is 0.214. The number of rotatable bonds is 1. The van der Waals surface area contributed by atoms with Gasteiger partial charge < -0.3 is 11.4 Å². The Hall–Kier alpha value is 0.596. The fourth-order valence-corrected chi connectivity index (χ4v) is 0.0676. The summed E-state index contributed by atoms with van der Waals surface area (Å²) in [7, 11) is 0. The number of hydrogen-bond acceptors (Lipinski definition) is 1. The van der Waals surface area contributed by atoms with Crippen LogP contribution in [0.2, 0.25) is 0 Å². The van der Waals surface area contributed by atoms with Crippen molar-refractivity contribution in [2.45, 2.75) is 0 Å². The normalized spacial score (nSPS) is 5.57. The molecule has 0 spiro atoms. The number of nitrogens with zero attached hydrogens (tertiary/aromatic N) is 1. The van der Waals surface area contributed by atoms with Gasteiger partial charge in [0.15, 0.2) is 0 Å². The van der Waals surface area contributed by atoms with E-state index in [1.165, 1.54) is 0 Å². The molecule has 0 atom stereocenters. The van der Waals surface area contributed by atoms with Crippen molar-refractivity contribution in [1.82, 2.24) is 0 Å². The van der Waals surface area contributed by atoms with Gasteiger partial charge in [0.2, 0.25) is 0 Å². The van der Waals surface area contributed by atoms with Gasteiger partial charge in [0.1, 0.15) is 0 Å². The number of carboxylic acids is 1. The maximum atomic E-state index is 9.39. The molecule has 0 aromatic heterocycles. The van der Waals surface area contributed by atoms with Crippen LogP contribution < -0.4 is 51.4 Å². The Morgan fingerprint density at radius 3 is 2.43 bits per heavy atom. The van der Waals surface area contributed by atoms with E-state index >= 15 is 0 Å². The Morgan fingerprint density at radius 2 is 2.43 bits per heavy atom. The van der Waals surface area contributed by atoms with Gasteiger partial charge in [-0.1, -0.05) is 0 Å². The monoisotopic (exact) mass is 125 g/mol. The molecule has 4 heteroatoms. The van der Waals surface area contributed by atoms with Crippen LogP contribution in [0.15, 0.2) is 0 Å². The van der Waals surface area contributed by atoms with Crippen molar-refractivity contribution in [2.24, 2.45) is 0 Å². The van der Waals surface area contributed by atoms with Gasteiger partial charge in [-0.3, -0.25) is 0 Å². The molecule has 0 heterocycles. The molecule has 3 nitrogen and oxygen atoms in total. The molecule has 0 amide bonds. The van der Waals surface area contributed by atoms with Crippen LogP contribution in [0, 0.1) is 6.57 Å². The maximum absolute atomic E-state index is 9.39. The molecule has 0 radical (unpaired) electrons. The van der Waals surface area contributed by atoms with Gasteiger partial charge in [-0.05, 0) is 0 Å². The second-order valence-corrected chi connectivity index (χ2v) is 0.710. The number of carbonyl (C=O) groups is 1. The zero-order valence-electron chi connectivity index (χ0n) is 5.01. The quantitative estimate of drug-likeness (QED) is 0.302. The second kappa shape index (κ2) is 6.60. The molecule has 0 unspecified atom stereocenters. The predicted octanol–water partition coefficient (Wildman–Crippen LogP) is -2.89. The maximum Gasteiger partial charge on any atom is 1.00 e. The van der Waals surface area contributed by atoms with Crippen LogP contribution >= 0.6 is 0 Å². The minimum Gasteiger partial charge on any atom is -1.00 e. The number of carboxylic acid groups (broad SMARTS) is 1. The summed E-state index contributed by atoms with van der Waals surface area (Å²) in [5.74, 6) is -1.06. The Labute approximate surface area is 85.4 Å². The van der Waals surface area contributed by atoms with E-state index in [2.05, 4.69) is 4.85 Å². The molecule has 0 aliphatic heterocycles. The van der Waals surface area contributed by atoms with E-state index in [0.717, 1.165) is 0 Å². The molecule has 0 fully saturated rings. The zero-order chi connectivity index (χ0) is 4.99. The molecule has 7 heavy (non-hydrogen) atoms. The van der Waals surface area contributed by atoms with E-state index in [-0.39, 0.29) is 52.8 Å². The van der Waals surface area contributed by atoms with E-state index in [4.69, 9.17) is 11.7 Å². The van der Waals surface area contributed by atoms with Crippen LogP contribution in [0.3, 0.4) is 0 Å². The van der Waals surface area contributed by atoms with Gasteiger partial charge in [0.25, 0.3) is 0 Å². The summed E-state index contributed by atoms with van der Waals surface area (Å²) < 4.78 is 0. The molecular formula is C3H4KNO2. The first-order valence-electron chi connectivity index (χ1n) is 1.32. The third kappa shape index (κ3) is 10.8. The molecule has 0 rings (SSSR count). The average Bonchev–Trinajstić information content (AvgIpc) is 1.35. The largest absolute Gasteiger partial charge is 1.00 e. The summed E-state index contributed by atoms with van der Waals surface area (Å²) in [6, 6.07) is 0. The van der Waals surface area contributed by atoms with Crippen molar-refractivity contribution in [1.29, 1.82) is 0 Å². The number of aliphatic carboxylic acids is 1. The van der Waals surface area contributed by atoms with Crippen LogP contribution in [0.1, 0.15) is 1.43 Å². The third-order valence-corrected chi connectivity index (χ3v) is 0.214. The van der Waals surface area contributed by atoms with Crippen LogP contribution in [-0.2, 0) is 4.79 Å². The second-order valence-electron chi connectivity index (χ2n) is 0.710. The van der Waals surface area contributed by atoms with Gasteiger partial charge >= 0.3 is 63.9 Å². The Balaban J connectivity index is -0.000000125. The summed E-state index contributed by atoms with van der Waals surface area (Å²) in [6.07, 6.45) is 0. The summed E-state index contributed by atoms with van der Waals surface area (Å²) in [5, 5.41) is 7.70. The summed E-state index contributed by atoms with van der Waals surface area (Å²) in [6.45, 7) is 5.56. The van der Waals surface area contributed by atoms with E-state index in [1.807, 2.05) is 0 Å². The first-order chi connectivity index (χ1) is 2.77. The Morgan fingerprint density at radius 1 is 2.00 bits per heavy atom. The molecule has 0 bridgehead atoms. The minimum absolute atomic E-state index is 0. The van der Waals surface area contributed by atoms with Gasteiger partial charge in [0, 0.05) is 0 Å².